The van der Waals surface area contributed by atoms with Crippen LogP contribution in [0.5, 0.6) is 0 Å². The molecule has 0 saturated heterocycles. The molecule has 0 aliphatic heterocycles. The summed E-state index contributed by atoms with van der Waals surface area (Å²) in [5, 5.41) is 6.14. The van der Waals surface area contributed by atoms with Gasteiger partial charge in [-0.2, -0.15) is 0 Å². The lowest BCUT2D eigenvalue weighted by Gasteiger charge is -2.14. The van der Waals surface area contributed by atoms with E-state index < -0.39 is 0 Å². The van der Waals surface area contributed by atoms with Crippen LogP contribution < -0.4 is 10.6 Å². The van der Waals surface area contributed by atoms with E-state index in [9.17, 15) is 4.79 Å². The van der Waals surface area contributed by atoms with Crippen molar-refractivity contribution in [1.29, 1.82) is 0 Å². The Morgan fingerprint density at radius 3 is 2.89 bits per heavy atom. The molecular formula is C12H15Br2N3O. The number of rotatable bonds is 5. The van der Waals surface area contributed by atoms with E-state index in [1.807, 2.05) is 13.0 Å². The predicted octanol–water partition coefficient (Wildman–Crippen LogP) is 2.36. The maximum atomic E-state index is 11.7. The second kappa shape index (κ2) is 6.12. The Bertz CT molecular complexity index is 449. The molecule has 98 valence electrons. The summed E-state index contributed by atoms with van der Waals surface area (Å²) in [4.78, 5) is 16.0. The van der Waals surface area contributed by atoms with Crippen molar-refractivity contribution in [3.63, 3.8) is 0 Å². The summed E-state index contributed by atoms with van der Waals surface area (Å²) < 4.78 is 1.86. The minimum atomic E-state index is -0.206. The van der Waals surface area contributed by atoms with Gasteiger partial charge < -0.3 is 10.6 Å². The summed E-state index contributed by atoms with van der Waals surface area (Å²) in [5.41, 5.74) is 0.893. The summed E-state index contributed by atoms with van der Waals surface area (Å²) in [7, 11) is 0. The zero-order chi connectivity index (χ0) is 13.1. The number of carbonyl (C=O) groups is 1. The van der Waals surface area contributed by atoms with Gasteiger partial charge in [-0.25, -0.2) is 0 Å². The Labute approximate surface area is 123 Å². The third-order valence-electron chi connectivity index (χ3n) is 2.78. The van der Waals surface area contributed by atoms with Crippen LogP contribution in [0.15, 0.2) is 21.2 Å². The molecule has 1 amide bonds. The molecule has 2 N–H and O–H groups in total. The van der Waals surface area contributed by atoms with Gasteiger partial charge in [0.1, 0.15) is 0 Å². The summed E-state index contributed by atoms with van der Waals surface area (Å²) in [5.74, 6) is 0.0609. The van der Waals surface area contributed by atoms with Crippen molar-refractivity contribution in [2.24, 2.45) is 0 Å². The summed E-state index contributed by atoms with van der Waals surface area (Å²) in [6.45, 7) is 2.43. The zero-order valence-corrected chi connectivity index (χ0v) is 13.2. The van der Waals surface area contributed by atoms with Gasteiger partial charge in [0.05, 0.1) is 11.7 Å². The molecule has 1 aliphatic rings. The SMILES string of the molecule is CC(NCc1ncc(Br)cc1Br)C(=O)NC1CC1. The van der Waals surface area contributed by atoms with Crippen molar-refractivity contribution >= 4 is 37.8 Å². The molecule has 1 saturated carbocycles. The number of amides is 1. The molecule has 1 unspecified atom stereocenters. The molecule has 0 aromatic carbocycles. The minimum Gasteiger partial charge on any atom is -0.352 e. The van der Waals surface area contributed by atoms with Crippen LogP contribution in [-0.4, -0.2) is 23.0 Å². The van der Waals surface area contributed by atoms with Crippen LogP contribution >= 0.6 is 31.9 Å². The van der Waals surface area contributed by atoms with Gasteiger partial charge in [0.2, 0.25) is 5.91 Å². The van der Waals surface area contributed by atoms with E-state index in [0.29, 0.717) is 12.6 Å². The standard InChI is InChI=1S/C12H15Br2N3O/c1-7(12(18)17-9-2-3-9)15-6-11-10(14)4-8(13)5-16-11/h4-5,7,9,15H,2-3,6H2,1H3,(H,17,18). The quantitative estimate of drug-likeness (QED) is 0.829. The molecule has 1 aromatic heterocycles. The van der Waals surface area contributed by atoms with Gasteiger partial charge in [0.25, 0.3) is 0 Å². The fraction of sp³-hybridized carbons (Fsp3) is 0.500. The Kier molecular flexibility index (Phi) is 4.75. The summed E-state index contributed by atoms with van der Waals surface area (Å²) in [6, 6.07) is 2.14. The smallest absolute Gasteiger partial charge is 0.237 e. The number of hydrogen-bond acceptors (Lipinski definition) is 3. The Morgan fingerprint density at radius 2 is 2.28 bits per heavy atom. The summed E-state index contributed by atoms with van der Waals surface area (Å²) in [6.07, 6.45) is 3.97. The average Bonchev–Trinajstić information content (AvgIpc) is 3.11. The van der Waals surface area contributed by atoms with Crippen LogP contribution in [-0.2, 0) is 11.3 Å². The molecule has 1 fully saturated rings. The van der Waals surface area contributed by atoms with E-state index >= 15 is 0 Å². The van der Waals surface area contributed by atoms with E-state index in [4.69, 9.17) is 0 Å². The highest BCUT2D eigenvalue weighted by Crippen LogP contribution is 2.20. The molecule has 1 heterocycles. The Morgan fingerprint density at radius 1 is 1.56 bits per heavy atom. The molecule has 0 radical (unpaired) electrons. The molecule has 1 atom stereocenters. The van der Waals surface area contributed by atoms with Crippen molar-refractivity contribution in [3.05, 3.63) is 26.9 Å². The first-order chi connectivity index (χ1) is 8.56. The highest BCUT2D eigenvalue weighted by Gasteiger charge is 2.25. The van der Waals surface area contributed by atoms with Gasteiger partial charge in [-0.05, 0) is 57.7 Å². The molecule has 0 spiro atoms. The van der Waals surface area contributed by atoms with Gasteiger partial charge in [0.15, 0.2) is 0 Å². The molecule has 1 aromatic rings. The average molecular weight is 377 g/mol. The maximum Gasteiger partial charge on any atom is 0.237 e. The number of hydrogen-bond donors (Lipinski definition) is 2. The van der Waals surface area contributed by atoms with Crippen LogP contribution in [0.2, 0.25) is 0 Å². The van der Waals surface area contributed by atoms with E-state index in [1.54, 1.807) is 6.20 Å². The Balaban J connectivity index is 1.84. The van der Waals surface area contributed by atoms with Gasteiger partial charge in [-0.3, -0.25) is 9.78 Å². The third-order valence-corrected chi connectivity index (χ3v) is 3.90. The van der Waals surface area contributed by atoms with Gasteiger partial charge in [-0.1, -0.05) is 0 Å². The first-order valence-corrected chi connectivity index (χ1v) is 7.48. The number of aromatic nitrogens is 1. The van der Waals surface area contributed by atoms with Crippen molar-refractivity contribution in [2.75, 3.05) is 0 Å². The molecule has 6 heteroatoms. The summed E-state index contributed by atoms with van der Waals surface area (Å²) >= 11 is 6.81. The van der Waals surface area contributed by atoms with Gasteiger partial charge in [-0.15, -0.1) is 0 Å². The molecule has 2 rings (SSSR count). The minimum absolute atomic E-state index is 0.0609. The molecule has 4 nitrogen and oxygen atoms in total. The zero-order valence-electron chi connectivity index (χ0n) is 10.0. The second-order valence-electron chi connectivity index (χ2n) is 4.47. The van der Waals surface area contributed by atoms with Crippen molar-refractivity contribution in [3.8, 4) is 0 Å². The normalized spacial score (nSPS) is 16.4. The lowest BCUT2D eigenvalue weighted by Crippen LogP contribution is -2.42. The first kappa shape index (κ1) is 14.0. The fourth-order valence-electron chi connectivity index (χ4n) is 1.47. The second-order valence-corrected chi connectivity index (χ2v) is 6.24. The largest absolute Gasteiger partial charge is 0.352 e. The number of nitrogens with zero attached hydrogens (tertiary/aromatic N) is 1. The highest BCUT2D eigenvalue weighted by atomic mass is 79.9. The molecule has 1 aliphatic carbocycles. The number of halogens is 2. The molecule has 0 bridgehead atoms. The molecular weight excluding hydrogens is 362 g/mol. The van der Waals surface area contributed by atoms with Crippen LogP contribution in [0.25, 0.3) is 0 Å². The van der Waals surface area contributed by atoms with E-state index in [-0.39, 0.29) is 11.9 Å². The van der Waals surface area contributed by atoms with Crippen LogP contribution in [0.1, 0.15) is 25.5 Å². The third kappa shape index (κ3) is 4.03. The topological polar surface area (TPSA) is 54.0 Å². The number of carbonyl (C=O) groups excluding carboxylic acids is 1. The van der Waals surface area contributed by atoms with Gasteiger partial charge >= 0.3 is 0 Å². The van der Waals surface area contributed by atoms with Crippen LogP contribution in [0, 0.1) is 0 Å². The highest BCUT2D eigenvalue weighted by molar-refractivity contribution is 9.11. The molecule has 18 heavy (non-hydrogen) atoms. The lowest BCUT2D eigenvalue weighted by molar-refractivity contribution is -0.122. The van der Waals surface area contributed by atoms with Crippen LogP contribution in [0.3, 0.4) is 0 Å². The van der Waals surface area contributed by atoms with E-state index in [2.05, 4.69) is 47.5 Å². The van der Waals surface area contributed by atoms with Gasteiger partial charge in [0, 0.05) is 27.7 Å². The first-order valence-electron chi connectivity index (χ1n) is 5.90. The monoisotopic (exact) mass is 375 g/mol. The number of pyridine rings is 1. The van der Waals surface area contributed by atoms with E-state index in [0.717, 1.165) is 27.5 Å². The van der Waals surface area contributed by atoms with E-state index in [1.165, 1.54) is 0 Å². The van der Waals surface area contributed by atoms with Crippen molar-refractivity contribution < 1.29 is 4.79 Å². The number of nitrogens with one attached hydrogen (secondary N) is 2. The fourth-order valence-corrected chi connectivity index (χ4v) is 2.60. The predicted molar refractivity (Wildman–Crippen MR) is 77.1 cm³/mol. The van der Waals surface area contributed by atoms with Crippen molar-refractivity contribution in [1.82, 2.24) is 15.6 Å². The lowest BCUT2D eigenvalue weighted by atomic mass is 10.3. The maximum absolute atomic E-state index is 11.7. The van der Waals surface area contributed by atoms with Crippen molar-refractivity contribution in [2.45, 2.75) is 38.4 Å². The Hall–Kier alpha value is -0.460. The van der Waals surface area contributed by atoms with Crippen LogP contribution in [0.4, 0.5) is 0 Å².